The summed E-state index contributed by atoms with van der Waals surface area (Å²) in [6.45, 7) is 6.57. The van der Waals surface area contributed by atoms with Gasteiger partial charge in [0.15, 0.2) is 6.10 Å². The molecule has 414 valence electrons. The molecule has 0 fully saturated rings. The molecule has 0 heterocycles. The third-order valence-electron chi connectivity index (χ3n) is 13.8. The Morgan fingerprint density at radius 3 is 0.831 bits per heavy atom. The maximum atomic E-state index is 12.8. The molecular formula is C65H118O6. The Morgan fingerprint density at radius 1 is 0.282 bits per heavy atom. The summed E-state index contributed by atoms with van der Waals surface area (Å²) in [5, 5.41) is 0. The van der Waals surface area contributed by atoms with Gasteiger partial charge >= 0.3 is 17.9 Å². The van der Waals surface area contributed by atoms with Crippen LogP contribution in [0.2, 0.25) is 0 Å². The van der Waals surface area contributed by atoms with Crippen LogP contribution in [0.15, 0.2) is 48.6 Å². The molecule has 6 heteroatoms. The number of hydrogen-bond acceptors (Lipinski definition) is 6. The molecule has 0 saturated carbocycles. The number of hydrogen-bond donors (Lipinski definition) is 0. The molecule has 0 aromatic rings. The van der Waals surface area contributed by atoms with Crippen molar-refractivity contribution >= 4 is 17.9 Å². The minimum atomic E-state index is -0.775. The van der Waals surface area contributed by atoms with Gasteiger partial charge < -0.3 is 14.2 Å². The average Bonchev–Trinajstić information content (AvgIpc) is 3.37. The van der Waals surface area contributed by atoms with Crippen LogP contribution in [0.4, 0.5) is 0 Å². The van der Waals surface area contributed by atoms with Gasteiger partial charge in [-0.25, -0.2) is 0 Å². The number of rotatable bonds is 57. The quantitative estimate of drug-likeness (QED) is 0.0261. The zero-order chi connectivity index (χ0) is 51.4. The fourth-order valence-corrected chi connectivity index (χ4v) is 9.10. The van der Waals surface area contributed by atoms with Gasteiger partial charge in [-0.05, 0) is 77.0 Å². The van der Waals surface area contributed by atoms with Crippen LogP contribution in [0.5, 0.6) is 0 Å². The number of allylic oxidation sites excluding steroid dienone is 8. The van der Waals surface area contributed by atoms with Gasteiger partial charge in [-0.2, -0.15) is 0 Å². The van der Waals surface area contributed by atoms with Crippen molar-refractivity contribution in [3.8, 4) is 0 Å². The van der Waals surface area contributed by atoms with E-state index in [-0.39, 0.29) is 31.1 Å². The van der Waals surface area contributed by atoms with Crippen molar-refractivity contribution in [2.75, 3.05) is 13.2 Å². The fraction of sp³-hybridized carbons (Fsp3) is 0.831. The van der Waals surface area contributed by atoms with Crippen LogP contribution in [-0.4, -0.2) is 37.2 Å². The molecule has 1 unspecified atom stereocenters. The zero-order valence-corrected chi connectivity index (χ0v) is 47.5. The SMILES string of the molecule is CCC/C=C\C/C=C\CCCCCCCC(=O)OC(COC(=O)CCCCCCCCCCC)COC(=O)CCCCCCCCCCCCCCCCCCCCC/C=C\C/C=C\CCCCCCC. The van der Waals surface area contributed by atoms with E-state index in [9.17, 15) is 14.4 Å². The number of unbranched alkanes of at least 4 members (excludes halogenated alkanes) is 38. The van der Waals surface area contributed by atoms with E-state index in [2.05, 4.69) is 69.4 Å². The molecule has 6 nitrogen and oxygen atoms in total. The first-order valence-electron chi connectivity index (χ1n) is 31.1. The van der Waals surface area contributed by atoms with E-state index in [0.717, 1.165) is 96.3 Å². The zero-order valence-electron chi connectivity index (χ0n) is 47.5. The Balaban J connectivity index is 4.03. The highest BCUT2D eigenvalue weighted by Crippen LogP contribution is 2.17. The van der Waals surface area contributed by atoms with Gasteiger partial charge in [-0.1, -0.05) is 281 Å². The van der Waals surface area contributed by atoms with Crippen molar-refractivity contribution in [1.82, 2.24) is 0 Å². The van der Waals surface area contributed by atoms with E-state index in [1.165, 1.54) is 193 Å². The van der Waals surface area contributed by atoms with Crippen LogP contribution in [0, 0.1) is 0 Å². The van der Waals surface area contributed by atoms with Gasteiger partial charge in [0.05, 0.1) is 0 Å². The van der Waals surface area contributed by atoms with Crippen molar-refractivity contribution < 1.29 is 28.6 Å². The Bertz CT molecular complexity index is 1230. The van der Waals surface area contributed by atoms with Crippen LogP contribution in [-0.2, 0) is 28.6 Å². The summed E-state index contributed by atoms with van der Waals surface area (Å²) < 4.78 is 16.8. The van der Waals surface area contributed by atoms with Crippen LogP contribution in [0.25, 0.3) is 0 Å². The highest BCUT2D eigenvalue weighted by Gasteiger charge is 2.19. The predicted octanol–water partition coefficient (Wildman–Crippen LogP) is 21.0. The lowest BCUT2D eigenvalue weighted by Gasteiger charge is -2.18. The predicted molar refractivity (Wildman–Crippen MR) is 307 cm³/mol. The Morgan fingerprint density at radius 2 is 0.535 bits per heavy atom. The molecule has 0 aromatic carbocycles. The fourth-order valence-electron chi connectivity index (χ4n) is 9.10. The smallest absolute Gasteiger partial charge is 0.306 e. The van der Waals surface area contributed by atoms with Crippen LogP contribution >= 0.6 is 0 Å². The maximum absolute atomic E-state index is 12.8. The van der Waals surface area contributed by atoms with Crippen LogP contribution < -0.4 is 0 Å². The molecular weight excluding hydrogens is 877 g/mol. The number of ether oxygens (including phenoxy) is 3. The Hall–Kier alpha value is -2.63. The summed E-state index contributed by atoms with van der Waals surface area (Å²) in [6, 6.07) is 0. The summed E-state index contributed by atoms with van der Waals surface area (Å²) >= 11 is 0. The molecule has 1 atom stereocenters. The molecule has 0 radical (unpaired) electrons. The van der Waals surface area contributed by atoms with Crippen molar-refractivity contribution in [1.29, 1.82) is 0 Å². The minimum Gasteiger partial charge on any atom is -0.462 e. The molecule has 0 saturated heterocycles. The standard InChI is InChI=1S/C65H118O6/c1-4-7-10-13-16-19-21-23-24-25-26-27-28-29-30-31-32-33-34-35-36-37-38-39-40-42-43-46-49-52-55-58-64(67)70-61-62(60-69-63(66)57-54-51-48-45-18-15-12-9-6-3)71-65(68)59-56-53-50-47-44-41-22-20-17-14-11-8-5-2/h11,14,20-23,25-26,62H,4-10,12-13,15-19,24,27-61H2,1-3H3/b14-11-,22-20-,23-21-,26-25-. The van der Waals surface area contributed by atoms with Gasteiger partial charge in [0.1, 0.15) is 13.2 Å². The number of carbonyl (C=O) groups is 3. The molecule has 0 bridgehead atoms. The van der Waals surface area contributed by atoms with E-state index in [0.29, 0.717) is 19.3 Å². The van der Waals surface area contributed by atoms with E-state index in [4.69, 9.17) is 14.2 Å². The van der Waals surface area contributed by atoms with E-state index >= 15 is 0 Å². The average molecular weight is 996 g/mol. The second-order valence-corrected chi connectivity index (χ2v) is 21.0. The summed E-state index contributed by atoms with van der Waals surface area (Å²) in [5.41, 5.74) is 0. The lowest BCUT2D eigenvalue weighted by atomic mass is 10.0. The molecule has 71 heavy (non-hydrogen) atoms. The first-order valence-corrected chi connectivity index (χ1v) is 31.1. The highest BCUT2D eigenvalue weighted by atomic mass is 16.6. The van der Waals surface area contributed by atoms with Crippen molar-refractivity contribution in [3.63, 3.8) is 0 Å². The Labute approximate surface area is 441 Å². The summed E-state index contributed by atoms with van der Waals surface area (Å²) in [7, 11) is 0. The first kappa shape index (κ1) is 68.4. The van der Waals surface area contributed by atoms with Gasteiger partial charge in [0, 0.05) is 19.3 Å². The van der Waals surface area contributed by atoms with Gasteiger partial charge in [-0.3, -0.25) is 14.4 Å². The normalized spacial score (nSPS) is 12.3. The molecule has 0 N–H and O–H groups in total. The number of esters is 3. The van der Waals surface area contributed by atoms with Gasteiger partial charge in [-0.15, -0.1) is 0 Å². The van der Waals surface area contributed by atoms with E-state index in [1.807, 2.05) is 0 Å². The van der Waals surface area contributed by atoms with Gasteiger partial charge in [0.2, 0.25) is 0 Å². The minimum absolute atomic E-state index is 0.0748. The Kier molecular flexibility index (Phi) is 57.7. The third kappa shape index (κ3) is 58.1. The molecule has 0 aliphatic heterocycles. The van der Waals surface area contributed by atoms with Crippen molar-refractivity contribution in [3.05, 3.63) is 48.6 Å². The van der Waals surface area contributed by atoms with Crippen molar-refractivity contribution in [2.24, 2.45) is 0 Å². The lowest BCUT2D eigenvalue weighted by molar-refractivity contribution is -0.167. The number of carbonyl (C=O) groups excluding carboxylic acids is 3. The van der Waals surface area contributed by atoms with Crippen LogP contribution in [0.1, 0.15) is 329 Å². The first-order chi connectivity index (χ1) is 35.0. The van der Waals surface area contributed by atoms with E-state index < -0.39 is 6.10 Å². The second-order valence-electron chi connectivity index (χ2n) is 21.0. The molecule has 0 aliphatic rings. The van der Waals surface area contributed by atoms with E-state index in [1.54, 1.807) is 0 Å². The highest BCUT2D eigenvalue weighted by molar-refractivity contribution is 5.71. The lowest BCUT2D eigenvalue weighted by Crippen LogP contribution is -2.30. The molecule has 0 aliphatic carbocycles. The second kappa shape index (κ2) is 59.9. The molecule has 0 rings (SSSR count). The molecule has 0 aromatic heterocycles. The maximum Gasteiger partial charge on any atom is 0.306 e. The summed E-state index contributed by atoms with van der Waals surface area (Å²) in [4.78, 5) is 38.0. The summed E-state index contributed by atoms with van der Waals surface area (Å²) in [5.74, 6) is -0.877. The van der Waals surface area contributed by atoms with Crippen LogP contribution in [0.3, 0.4) is 0 Å². The topological polar surface area (TPSA) is 78.9 Å². The molecule has 0 spiro atoms. The monoisotopic (exact) mass is 995 g/mol. The summed E-state index contributed by atoms with van der Waals surface area (Å²) in [6.07, 6.45) is 74.3. The van der Waals surface area contributed by atoms with Crippen molar-refractivity contribution in [2.45, 2.75) is 335 Å². The third-order valence-corrected chi connectivity index (χ3v) is 13.8. The largest absolute Gasteiger partial charge is 0.462 e. The van der Waals surface area contributed by atoms with Gasteiger partial charge in [0.25, 0.3) is 0 Å². The molecule has 0 amide bonds.